The number of hydrogen-bond acceptors (Lipinski definition) is 3. The highest BCUT2D eigenvalue weighted by molar-refractivity contribution is 9.10. The van der Waals surface area contributed by atoms with Crippen LogP contribution in [0, 0.1) is 0 Å². The lowest BCUT2D eigenvalue weighted by molar-refractivity contribution is 0.0600. The van der Waals surface area contributed by atoms with Crippen LogP contribution >= 0.6 is 15.9 Å². The molecule has 0 saturated heterocycles. The molecular formula is C16H11BrO3. The average Bonchev–Trinajstić information content (AvgIpc) is 3.02. The van der Waals surface area contributed by atoms with E-state index in [0.29, 0.717) is 5.56 Å². The Morgan fingerprint density at radius 3 is 2.45 bits per heavy atom. The second-order valence-corrected chi connectivity index (χ2v) is 5.92. The Bertz CT molecular complexity index is 738. The molecule has 2 unspecified atom stereocenters. The third-order valence-electron chi connectivity index (χ3n) is 3.96. The van der Waals surface area contributed by atoms with Gasteiger partial charge in [-0.2, -0.15) is 0 Å². The third-order valence-corrected chi connectivity index (χ3v) is 4.45. The van der Waals surface area contributed by atoms with E-state index in [1.807, 2.05) is 18.2 Å². The summed E-state index contributed by atoms with van der Waals surface area (Å²) in [6.07, 6.45) is -0.0862. The number of halogens is 1. The number of esters is 1. The first-order valence-corrected chi connectivity index (χ1v) is 7.15. The van der Waals surface area contributed by atoms with Gasteiger partial charge in [-0.3, -0.25) is 0 Å². The summed E-state index contributed by atoms with van der Waals surface area (Å²) < 4.78 is 11.9. The fraction of sp³-hybridized carbons (Fsp3) is 0.188. The quantitative estimate of drug-likeness (QED) is 0.747. The summed E-state index contributed by atoms with van der Waals surface area (Å²) in [5.41, 5.74) is 5.19. The number of carbonyl (C=O) groups excluding carboxylic acids is 1. The van der Waals surface area contributed by atoms with Crippen LogP contribution in [-0.4, -0.2) is 13.1 Å². The summed E-state index contributed by atoms with van der Waals surface area (Å²) >= 11 is 3.50. The molecule has 2 atom stereocenters. The second kappa shape index (κ2) is 4.17. The van der Waals surface area contributed by atoms with Crippen molar-refractivity contribution < 1.29 is 14.3 Å². The fourth-order valence-corrected chi connectivity index (χ4v) is 3.44. The van der Waals surface area contributed by atoms with Crippen molar-refractivity contribution in [2.75, 3.05) is 7.11 Å². The van der Waals surface area contributed by atoms with E-state index in [9.17, 15) is 4.79 Å². The maximum Gasteiger partial charge on any atom is 0.337 e. The molecule has 2 heterocycles. The Morgan fingerprint density at radius 2 is 1.70 bits per heavy atom. The number of benzene rings is 2. The van der Waals surface area contributed by atoms with Crippen molar-refractivity contribution in [1.29, 1.82) is 0 Å². The van der Waals surface area contributed by atoms with Gasteiger partial charge < -0.3 is 9.47 Å². The Labute approximate surface area is 124 Å². The van der Waals surface area contributed by atoms with Crippen LogP contribution in [0.4, 0.5) is 0 Å². The summed E-state index contributed by atoms with van der Waals surface area (Å²) in [5.74, 6) is -0.315. The van der Waals surface area contributed by atoms with Crippen molar-refractivity contribution in [2.45, 2.75) is 12.2 Å². The van der Waals surface area contributed by atoms with Crippen LogP contribution in [-0.2, 0) is 9.47 Å². The Balaban J connectivity index is 1.85. The summed E-state index contributed by atoms with van der Waals surface area (Å²) in [7, 11) is 1.39. The van der Waals surface area contributed by atoms with E-state index in [4.69, 9.17) is 9.47 Å². The molecule has 0 saturated carbocycles. The maximum atomic E-state index is 11.6. The maximum absolute atomic E-state index is 11.6. The zero-order valence-electron chi connectivity index (χ0n) is 10.7. The lowest BCUT2D eigenvalue weighted by Gasteiger charge is -2.16. The van der Waals surface area contributed by atoms with Crippen LogP contribution in [0.3, 0.4) is 0 Å². The first-order valence-electron chi connectivity index (χ1n) is 6.36. The second-order valence-electron chi connectivity index (χ2n) is 5.00. The molecule has 0 amide bonds. The number of rotatable bonds is 1. The predicted octanol–water partition coefficient (Wildman–Crippen LogP) is 3.76. The third kappa shape index (κ3) is 1.52. The Hall–Kier alpha value is -1.65. The molecule has 4 rings (SSSR count). The van der Waals surface area contributed by atoms with Gasteiger partial charge in [0.25, 0.3) is 0 Å². The van der Waals surface area contributed by atoms with Crippen LogP contribution in [0.2, 0.25) is 0 Å². The summed E-state index contributed by atoms with van der Waals surface area (Å²) in [5, 5.41) is 0. The molecule has 0 aliphatic carbocycles. The molecule has 0 N–H and O–H groups in total. The Morgan fingerprint density at radius 1 is 1.05 bits per heavy atom. The molecule has 4 heteroatoms. The van der Waals surface area contributed by atoms with Gasteiger partial charge in [-0.05, 0) is 46.5 Å². The molecule has 20 heavy (non-hydrogen) atoms. The molecule has 100 valence electrons. The van der Waals surface area contributed by atoms with Gasteiger partial charge >= 0.3 is 5.97 Å². The van der Waals surface area contributed by atoms with Gasteiger partial charge in [-0.25, -0.2) is 4.79 Å². The highest BCUT2D eigenvalue weighted by Gasteiger charge is 2.42. The van der Waals surface area contributed by atoms with E-state index in [1.165, 1.54) is 18.2 Å². The van der Waals surface area contributed by atoms with Gasteiger partial charge in [0.1, 0.15) is 12.2 Å². The van der Waals surface area contributed by atoms with Crippen LogP contribution in [0.25, 0.3) is 0 Å². The number of methoxy groups -OCH3 is 1. The molecule has 0 radical (unpaired) electrons. The fourth-order valence-electron chi connectivity index (χ4n) is 3.06. The minimum Gasteiger partial charge on any atom is -0.465 e. The summed E-state index contributed by atoms with van der Waals surface area (Å²) in [4.78, 5) is 11.6. The van der Waals surface area contributed by atoms with E-state index in [-0.39, 0.29) is 18.2 Å². The molecule has 2 aliphatic heterocycles. The first-order chi connectivity index (χ1) is 9.69. The van der Waals surface area contributed by atoms with Gasteiger partial charge in [-0.1, -0.05) is 28.1 Å². The molecule has 2 aromatic rings. The molecule has 2 aliphatic rings. The van der Waals surface area contributed by atoms with Gasteiger partial charge in [0, 0.05) is 4.47 Å². The molecule has 0 spiro atoms. The predicted molar refractivity (Wildman–Crippen MR) is 76.7 cm³/mol. The molecule has 2 bridgehead atoms. The molecule has 0 aromatic heterocycles. The van der Waals surface area contributed by atoms with Crippen LogP contribution in [0.5, 0.6) is 0 Å². The standard InChI is InChI=1S/C16H11BrO3/c1-19-16(18)8-2-4-10-12(6-8)15-13-7-9(17)3-5-11(13)14(10)20-15/h2-7,14-15H,1H3. The van der Waals surface area contributed by atoms with Crippen molar-refractivity contribution in [3.05, 3.63) is 68.7 Å². The minimum absolute atomic E-state index is 0.00945. The van der Waals surface area contributed by atoms with E-state index < -0.39 is 0 Å². The summed E-state index contributed by atoms with van der Waals surface area (Å²) in [6, 6.07) is 11.9. The molecule has 3 nitrogen and oxygen atoms in total. The van der Waals surface area contributed by atoms with Crippen LogP contribution in [0.1, 0.15) is 44.8 Å². The monoisotopic (exact) mass is 330 g/mol. The zero-order chi connectivity index (χ0) is 13.9. The molecule has 0 fully saturated rings. The SMILES string of the molecule is COC(=O)c1ccc2c(c1)C1OC2c2ccc(Br)cc21. The number of hydrogen-bond donors (Lipinski definition) is 0. The van der Waals surface area contributed by atoms with Gasteiger partial charge in [0.15, 0.2) is 0 Å². The van der Waals surface area contributed by atoms with E-state index in [0.717, 1.165) is 15.6 Å². The Kier molecular flexibility index (Phi) is 2.53. The molecule has 2 aromatic carbocycles. The van der Waals surface area contributed by atoms with Crippen molar-refractivity contribution in [2.24, 2.45) is 0 Å². The lowest BCUT2D eigenvalue weighted by atomic mass is 9.85. The number of ether oxygens (including phenoxy) is 2. The van der Waals surface area contributed by atoms with Crippen molar-refractivity contribution >= 4 is 21.9 Å². The van der Waals surface area contributed by atoms with Crippen molar-refractivity contribution in [3.8, 4) is 0 Å². The smallest absolute Gasteiger partial charge is 0.337 e. The van der Waals surface area contributed by atoms with Crippen molar-refractivity contribution in [1.82, 2.24) is 0 Å². The van der Waals surface area contributed by atoms with E-state index in [2.05, 4.69) is 28.1 Å². The normalized spacial score (nSPS) is 21.5. The first kappa shape index (κ1) is 12.1. The van der Waals surface area contributed by atoms with Gasteiger partial charge in [0.2, 0.25) is 0 Å². The highest BCUT2D eigenvalue weighted by atomic mass is 79.9. The minimum atomic E-state index is -0.315. The van der Waals surface area contributed by atoms with Gasteiger partial charge in [-0.15, -0.1) is 0 Å². The lowest BCUT2D eigenvalue weighted by Crippen LogP contribution is -2.07. The highest BCUT2D eigenvalue weighted by Crippen LogP contribution is 2.54. The van der Waals surface area contributed by atoms with Crippen LogP contribution < -0.4 is 0 Å². The van der Waals surface area contributed by atoms with E-state index in [1.54, 1.807) is 6.07 Å². The molecular weight excluding hydrogens is 320 g/mol. The van der Waals surface area contributed by atoms with E-state index >= 15 is 0 Å². The average molecular weight is 331 g/mol. The van der Waals surface area contributed by atoms with Crippen molar-refractivity contribution in [3.63, 3.8) is 0 Å². The number of fused-ring (bicyclic) bond motifs is 8. The number of carbonyl (C=O) groups is 1. The topological polar surface area (TPSA) is 35.5 Å². The van der Waals surface area contributed by atoms with Gasteiger partial charge in [0.05, 0.1) is 12.7 Å². The van der Waals surface area contributed by atoms with Crippen LogP contribution in [0.15, 0.2) is 40.9 Å². The zero-order valence-corrected chi connectivity index (χ0v) is 12.3. The largest absolute Gasteiger partial charge is 0.465 e. The summed E-state index contributed by atoms with van der Waals surface area (Å²) in [6.45, 7) is 0.